The molecule has 4 rings (SSSR count). The number of rotatable bonds is 13. The lowest BCUT2D eigenvalue weighted by molar-refractivity contribution is -0.140. The second-order valence-corrected chi connectivity index (χ2v) is 11.5. The van der Waals surface area contributed by atoms with Gasteiger partial charge in [0.1, 0.15) is 11.5 Å². The zero-order valence-corrected chi connectivity index (χ0v) is 29.2. The first-order chi connectivity index (χ1) is 25.1. The van der Waals surface area contributed by atoms with Crippen molar-refractivity contribution in [3.05, 3.63) is 144 Å². The maximum atomic E-state index is 12.0. The molecule has 0 aliphatic carbocycles. The molecule has 0 radical (unpaired) electrons. The number of hydrogen-bond donors (Lipinski definition) is 0. The minimum Gasteiger partial charge on any atom is -0.463 e. The summed E-state index contributed by atoms with van der Waals surface area (Å²) in [4.78, 5) is 46.2. The van der Waals surface area contributed by atoms with Gasteiger partial charge in [0.05, 0.1) is 13.2 Å². The summed E-state index contributed by atoms with van der Waals surface area (Å²) in [5.41, 5.74) is 7.71. The normalized spacial score (nSPS) is 9.96. The molecule has 0 heterocycles. The molecule has 0 N–H and O–H groups in total. The molecule has 52 heavy (non-hydrogen) atoms. The molecule has 0 aliphatic rings. The van der Waals surface area contributed by atoms with Crippen LogP contribution in [0.2, 0.25) is 0 Å². The predicted molar refractivity (Wildman–Crippen MR) is 198 cm³/mol. The highest BCUT2D eigenvalue weighted by atomic mass is 16.5. The molecule has 0 spiro atoms. The minimum atomic E-state index is -0.522. The van der Waals surface area contributed by atoms with Gasteiger partial charge in [0.15, 0.2) is 0 Å². The Morgan fingerprint density at radius 2 is 0.885 bits per heavy atom. The summed E-state index contributed by atoms with van der Waals surface area (Å²) in [6.45, 7) is 11.0. The van der Waals surface area contributed by atoms with Crippen LogP contribution in [0.15, 0.2) is 110 Å². The van der Waals surface area contributed by atoms with E-state index in [0.717, 1.165) is 56.7 Å². The molecular formula is C44H38O8. The summed E-state index contributed by atoms with van der Waals surface area (Å²) in [5, 5.41) is 0. The summed E-state index contributed by atoms with van der Waals surface area (Å²) in [7, 11) is 0. The molecular weight excluding hydrogens is 656 g/mol. The summed E-state index contributed by atoms with van der Waals surface area (Å²) in [6.07, 6.45) is 3.13. The van der Waals surface area contributed by atoms with Gasteiger partial charge in [0, 0.05) is 47.2 Å². The lowest BCUT2D eigenvalue weighted by Gasteiger charge is -2.10. The van der Waals surface area contributed by atoms with Crippen molar-refractivity contribution in [3.8, 4) is 46.3 Å². The van der Waals surface area contributed by atoms with E-state index < -0.39 is 23.9 Å². The van der Waals surface area contributed by atoms with Crippen LogP contribution in [0.5, 0.6) is 11.5 Å². The molecule has 262 valence electrons. The zero-order chi connectivity index (χ0) is 37.3. The van der Waals surface area contributed by atoms with Crippen LogP contribution in [0.4, 0.5) is 0 Å². The number of carbonyl (C=O) groups is 4. The van der Waals surface area contributed by atoms with E-state index in [2.05, 4.69) is 75.0 Å². The molecule has 4 aromatic carbocycles. The monoisotopic (exact) mass is 694 g/mol. The molecule has 8 heteroatoms. The number of ether oxygens (including phenoxy) is 4. The van der Waals surface area contributed by atoms with E-state index in [1.54, 1.807) is 48.5 Å². The first kappa shape index (κ1) is 38.2. The van der Waals surface area contributed by atoms with Crippen molar-refractivity contribution < 1.29 is 38.1 Å². The lowest BCUT2D eigenvalue weighted by atomic mass is 9.94. The average molecular weight is 695 g/mol. The number of benzene rings is 4. The maximum absolute atomic E-state index is 12.0. The van der Waals surface area contributed by atoms with Gasteiger partial charge in [-0.2, -0.15) is 0 Å². The van der Waals surface area contributed by atoms with Gasteiger partial charge < -0.3 is 18.9 Å². The Kier molecular flexibility index (Phi) is 14.3. The highest BCUT2D eigenvalue weighted by Crippen LogP contribution is 2.28. The SMILES string of the molecule is C=CC(=O)OCCCC(=O)Oc1ccc(C#Cc2ccc(-c3ccc(C#Cc4ccc(OC(=O)CCCOC(=O)C=C)cc4)cc3C)c(C)c2)cc1. The maximum Gasteiger partial charge on any atom is 0.330 e. The Bertz CT molecular complexity index is 1920. The molecule has 0 unspecified atom stereocenters. The van der Waals surface area contributed by atoms with E-state index in [1.165, 1.54) is 0 Å². The molecule has 0 amide bonds. The van der Waals surface area contributed by atoms with Crippen molar-refractivity contribution in [2.24, 2.45) is 0 Å². The molecule has 0 bridgehead atoms. The first-order valence-electron chi connectivity index (χ1n) is 16.6. The third-order valence-corrected chi connectivity index (χ3v) is 7.49. The van der Waals surface area contributed by atoms with Crippen LogP contribution >= 0.6 is 0 Å². The molecule has 0 aliphatic heterocycles. The van der Waals surface area contributed by atoms with E-state index in [9.17, 15) is 19.2 Å². The molecule has 8 nitrogen and oxygen atoms in total. The van der Waals surface area contributed by atoms with E-state index in [-0.39, 0.29) is 26.1 Å². The number of esters is 4. The van der Waals surface area contributed by atoms with Gasteiger partial charge >= 0.3 is 23.9 Å². The van der Waals surface area contributed by atoms with Crippen LogP contribution in [0, 0.1) is 37.5 Å². The number of aryl methyl sites for hydroxylation is 2. The Balaban J connectivity index is 1.30. The van der Waals surface area contributed by atoms with Gasteiger partial charge in [-0.25, -0.2) is 9.59 Å². The second-order valence-electron chi connectivity index (χ2n) is 11.5. The highest BCUT2D eigenvalue weighted by molar-refractivity contribution is 5.81. The molecule has 0 saturated carbocycles. The van der Waals surface area contributed by atoms with Gasteiger partial charge in [-0.15, -0.1) is 0 Å². The number of carbonyl (C=O) groups excluding carboxylic acids is 4. The predicted octanol–water partition coefficient (Wildman–Crippen LogP) is 7.60. The quantitative estimate of drug-likeness (QED) is 0.0464. The van der Waals surface area contributed by atoms with Crippen LogP contribution in [0.1, 0.15) is 59.1 Å². The molecule has 0 atom stereocenters. The van der Waals surface area contributed by atoms with Crippen LogP contribution < -0.4 is 9.47 Å². The van der Waals surface area contributed by atoms with Crippen LogP contribution in [-0.2, 0) is 28.7 Å². The first-order valence-corrected chi connectivity index (χ1v) is 16.6. The molecule has 0 aromatic heterocycles. The fourth-order valence-corrected chi connectivity index (χ4v) is 4.85. The topological polar surface area (TPSA) is 105 Å². The smallest absolute Gasteiger partial charge is 0.330 e. The van der Waals surface area contributed by atoms with Crippen molar-refractivity contribution in [3.63, 3.8) is 0 Å². The highest BCUT2D eigenvalue weighted by Gasteiger charge is 2.09. The van der Waals surface area contributed by atoms with Crippen LogP contribution in [0.25, 0.3) is 11.1 Å². The van der Waals surface area contributed by atoms with Crippen LogP contribution in [0.3, 0.4) is 0 Å². The largest absolute Gasteiger partial charge is 0.463 e. The van der Waals surface area contributed by atoms with E-state index in [1.807, 2.05) is 12.1 Å². The lowest BCUT2D eigenvalue weighted by Crippen LogP contribution is -2.10. The van der Waals surface area contributed by atoms with Crippen molar-refractivity contribution in [1.29, 1.82) is 0 Å². The Morgan fingerprint density at radius 3 is 1.23 bits per heavy atom. The average Bonchev–Trinajstić information content (AvgIpc) is 3.14. The Labute approximate surface area is 304 Å². The molecule has 0 saturated heterocycles. The molecule has 4 aromatic rings. The summed E-state index contributed by atoms with van der Waals surface area (Å²) >= 11 is 0. The van der Waals surface area contributed by atoms with Gasteiger partial charge in [0.25, 0.3) is 0 Å². The van der Waals surface area contributed by atoms with E-state index in [4.69, 9.17) is 18.9 Å². The third kappa shape index (κ3) is 12.4. The van der Waals surface area contributed by atoms with Gasteiger partial charge in [0.2, 0.25) is 0 Å². The minimum absolute atomic E-state index is 0.125. The van der Waals surface area contributed by atoms with Crippen molar-refractivity contribution in [2.45, 2.75) is 39.5 Å². The molecule has 0 fully saturated rings. The summed E-state index contributed by atoms with van der Waals surface area (Å²) < 4.78 is 20.4. The Hall–Kier alpha value is -6.64. The van der Waals surface area contributed by atoms with Crippen LogP contribution in [-0.4, -0.2) is 37.1 Å². The van der Waals surface area contributed by atoms with Crippen molar-refractivity contribution in [2.75, 3.05) is 13.2 Å². The van der Waals surface area contributed by atoms with E-state index >= 15 is 0 Å². The summed E-state index contributed by atoms with van der Waals surface area (Å²) in [6, 6.07) is 26.2. The van der Waals surface area contributed by atoms with Gasteiger partial charge in [-0.1, -0.05) is 49.0 Å². The summed E-state index contributed by atoms with van der Waals surface area (Å²) in [5.74, 6) is 11.7. The van der Waals surface area contributed by atoms with Gasteiger partial charge in [-0.05, 0) is 122 Å². The fraction of sp³-hybridized carbons (Fsp3) is 0.182. The zero-order valence-electron chi connectivity index (χ0n) is 29.2. The van der Waals surface area contributed by atoms with Crippen molar-refractivity contribution in [1.82, 2.24) is 0 Å². The standard InChI is InChI=1S/C44H38O8/c1-5-41(45)49-27-7-9-43(47)51-37-21-15-33(16-22-37)11-13-35-19-25-39(31(3)29-35)40-26-20-36(30-32(40)4)14-12-34-17-23-38(24-18-34)52-44(48)10-8-28-50-42(46)6-2/h5-6,15-26,29-30H,1-2,7-10,27-28H2,3-4H3. The van der Waals surface area contributed by atoms with E-state index in [0.29, 0.717) is 24.3 Å². The van der Waals surface area contributed by atoms with Crippen molar-refractivity contribution >= 4 is 23.9 Å². The van der Waals surface area contributed by atoms with Gasteiger partial charge in [-0.3, -0.25) is 9.59 Å². The number of hydrogen-bond acceptors (Lipinski definition) is 8. The Morgan fingerprint density at radius 1 is 0.538 bits per heavy atom. The second kappa shape index (κ2) is 19.5. The fourth-order valence-electron chi connectivity index (χ4n) is 4.85. The third-order valence-electron chi connectivity index (χ3n) is 7.49.